The summed E-state index contributed by atoms with van der Waals surface area (Å²) in [5.74, 6) is 0.904. The zero-order chi connectivity index (χ0) is 14.3. The molecule has 0 saturated heterocycles. The molecule has 0 spiro atoms. The molecule has 1 aliphatic carbocycles. The number of nitrogens with zero attached hydrogens (tertiary/aromatic N) is 2. The van der Waals surface area contributed by atoms with Crippen molar-refractivity contribution < 1.29 is 0 Å². The predicted molar refractivity (Wildman–Crippen MR) is 98.0 cm³/mol. The van der Waals surface area contributed by atoms with Gasteiger partial charge in [-0.05, 0) is 37.7 Å². The first-order chi connectivity index (χ1) is 9.78. The van der Waals surface area contributed by atoms with Crippen LogP contribution in [0, 0.1) is 5.41 Å². The van der Waals surface area contributed by atoms with Crippen molar-refractivity contribution >= 4 is 29.9 Å². The van der Waals surface area contributed by atoms with Crippen LogP contribution < -0.4 is 10.6 Å². The van der Waals surface area contributed by atoms with E-state index in [-0.39, 0.29) is 24.0 Å². The monoisotopic (exact) mass is 405 g/mol. The Labute approximate surface area is 144 Å². The lowest BCUT2D eigenvalue weighted by molar-refractivity contribution is 0.283. The molecule has 3 N–H and O–H groups in total. The Morgan fingerprint density at radius 1 is 1.33 bits per heavy atom. The summed E-state index contributed by atoms with van der Waals surface area (Å²) in [5.41, 5.74) is 1.51. The first-order valence-corrected chi connectivity index (χ1v) is 7.78. The van der Waals surface area contributed by atoms with Crippen molar-refractivity contribution in [2.75, 3.05) is 13.1 Å². The minimum Gasteiger partial charge on any atom is -0.357 e. The van der Waals surface area contributed by atoms with Crippen molar-refractivity contribution in [3.8, 4) is 0 Å². The number of guanidine groups is 1. The SMILES string of the molecule is CCNC(=NCc1ccn[nH]1)NCC1(CC)CCCC1.I. The summed E-state index contributed by atoms with van der Waals surface area (Å²) in [6, 6.07) is 1.96. The van der Waals surface area contributed by atoms with Crippen LogP contribution in [0.3, 0.4) is 0 Å². The third-order valence-electron chi connectivity index (χ3n) is 4.36. The number of rotatable bonds is 6. The Hall–Kier alpha value is -0.790. The molecule has 21 heavy (non-hydrogen) atoms. The van der Waals surface area contributed by atoms with E-state index in [0.29, 0.717) is 12.0 Å². The van der Waals surface area contributed by atoms with Gasteiger partial charge in [-0.25, -0.2) is 4.99 Å². The number of aromatic amines is 1. The van der Waals surface area contributed by atoms with Crippen LogP contribution in [0.15, 0.2) is 17.3 Å². The molecule has 0 atom stereocenters. The topological polar surface area (TPSA) is 65.1 Å². The van der Waals surface area contributed by atoms with Gasteiger partial charge in [0.2, 0.25) is 0 Å². The third-order valence-corrected chi connectivity index (χ3v) is 4.36. The summed E-state index contributed by atoms with van der Waals surface area (Å²) in [6.45, 7) is 6.95. The minimum absolute atomic E-state index is 0. The summed E-state index contributed by atoms with van der Waals surface area (Å²) < 4.78 is 0. The maximum atomic E-state index is 4.61. The molecule has 2 rings (SSSR count). The Kier molecular flexibility index (Phi) is 8.06. The quantitative estimate of drug-likeness (QED) is 0.387. The van der Waals surface area contributed by atoms with Gasteiger partial charge in [-0.15, -0.1) is 24.0 Å². The molecule has 1 fully saturated rings. The molecule has 1 saturated carbocycles. The molecule has 0 unspecified atom stereocenters. The van der Waals surface area contributed by atoms with Crippen LogP contribution in [0.4, 0.5) is 0 Å². The van der Waals surface area contributed by atoms with E-state index in [1.165, 1.54) is 32.1 Å². The second-order valence-corrected chi connectivity index (χ2v) is 5.69. The summed E-state index contributed by atoms with van der Waals surface area (Å²) in [7, 11) is 0. The molecule has 1 aliphatic rings. The molecule has 120 valence electrons. The third kappa shape index (κ3) is 5.48. The molecule has 0 bridgehead atoms. The van der Waals surface area contributed by atoms with Gasteiger partial charge < -0.3 is 10.6 Å². The van der Waals surface area contributed by atoms with Gasteiger partial charge in [0.1, 0.15) is 0 Å². The van der Waals surface area contributed by atoms with Crippen molar-refractivity contribution in [2.24, 2.45) is 10.4 Å². The Balaban J connectivity index is 0.00000220. The highest BCUT2D eigenvalue weighted by molar-refractivity contribution is 14.0. The van der Waals surface area contributed by atoms with Gasteiger partial charge in [0.25, 0.3) is 0 Å². The first-order valence-electron chi connectivity index (χ1n) is 7.78. The number of aromatic nitrogens is 2. The van der Waals surface area contributed by atoms with Crippen LogP contribution in [0.2, 0.25) is 0 Å². The molecule has 1 heterocycles. The Morgan fingerprint density at radius 2 is 2.10 bits per heavy atom. The van der Waals surface area contributed by atoms with Crippen LogP contribution in [-0.4, -0.2) is 29.2 Å². The summed E-state index contributed by atoms with van der Waals surface area (Å²) in [6.07, 6.45) is 8.44. The van der Waals surface area contributed by atoms with E-state index >= 15 is 0 Å². The zero-order valence-corrected chi connectivity index (χ0v) is 15.4. The maximum absolute atomic E-state index is 4.61. The zero-order valence-electron chi connectivity index (χ0n) is 13.1. The van der Waals surface area contributed by atoms with E-state index in [9.17, 15) is 0 Å². The Bertz CT molecular complexity index is 410. The van der Waals surface area contributed by atoms with Crippen LogP contribution in [0.25, 0.3) is 0 Å². The summed E-state index contributed by atoms with van der Waals surface area (Å²) >= 11 is 0. The smallest absolute Gasteiger partial charge is 0.191 e. The molecular formula is C15H28IN5. The molecule has 0 amide bonds. The van der Waals surface area contributed by atoms with Crippen molar-refractivity contribution in [1.82, 2.24) is 20.8 Å². The van der Waals surface area contributed by atoms with Crippen molar-refractivity contribution in [3.05, 3.63) is 18.0 Å². The van der Waals surface area contributed by atoms with Crippen molar-refractivity contribution in [1.29, 1.82) is 0 Å². The fourth-order valence-corrected chi connectivity index (χ4v) is 2.93. The van der Waals surface area contributed by atoms with E-state index in [4.69, 9.17) is 0 Å². The van der Waals surface area contributed by atoms with Crippen LogP contribution >= 0.6 is 24.0 Å². The molecule has 0 radical (unpaired) electrons. The molecule has 6 heteroatoms. The summed E-state index contributed by atoms with van der Waals surface area (Å²) in [5, 5.41) is 13.7. The van der Waals surface area contributed by atoms with Gasteiger partial charge in [-0.2, -0.15) is 5.10 Å². The van der Waals surface area contributed by atoms with Gasteiger partial charge in [0.05, 0.1) is 12.2 Å². The highest BCUT2D eigenvalue weighted by atomic mass is 127. The molecule has 5 nitrogen and oxygen atoms in total. The number of aliphatic imine (C=N–C) groups is 1. The Morgan fingerprint density at radius 3 is 2.67 bits per heavy atom. The maximum Gasteiger partial charge on any atom is 0.191 e. The molecule has 1 aromatic rings. The van der Waals surface area contributed by atoms with Crippen LogP contribution in [0.5, 0.6) is 0 Å². The molecule has 0 aliphatic heterocycles. The van der Waals surface area contributed by atoms with E-state index < -0.39 is 0 Å². The van der Waals surface area contributed by atoms with E-state index in [1.54, 1.807) is 6.20 Å². The molecule has 0 aromatic carbocycles. The van der Waals surface area contributed by atoms with Gasteiger partial charge in [-0.3, -0.25) is 5.10 Å². The number of H-pyrrole nitrogens is 1. The van der Waals surface area contributed by atoms with E-state index in [2.05, 4.69) is 39.7 Å². The van der Waals surface area contributed by atoms with Gasteiger partial charge >= 0.3 is 0 Å². The fourth-order valence-electron chi connectivity index (χ4n) is 2.93. The number of halogens is 1. The van der Waals surface area contributed by atoms with Crippen LogP contribution in [0.1, 0.15) is 51.6 Å². The second kappa shape index (κ2) is 9.27. The van der Waals surface area contributed by atoms with E-state index in [0.717, 1.165) is 24.7 Å². The van der Waals surface area contributed by atoms with Crippen LogP contribution in [-0.2, 0) is 6.54 Å². The lowest BCUT2D eigenvalue weighted by Gasteiger charge is -2.28. The van der Waals surface area contributed by atoms with Gasteiger partial charge in [-0.1, -0.05) is 19.8 Å². The van der Waals surface area contributed by atoms with Gasteiger partial charge in [0.15, 0.2) is 5.96 Å². The average molecular weight is 405 g/mol. The average Bonchev–Trinajstić information content (AvgIpc) is 3.14. The van der Waals surface area contributed by atoms with Crippen molar-refractivity contribution in [3.63, 3.8) is 0 Å². The minimum atomic E-state index is 0. The standard InChI is InChI=1S/C15H27N5.HI/c1-3-15(8-5-6-9-15)12-18-14(16-4-2)17-11-13-7-10-19-20-13;/h7,10H,3-6,8-9,11-12H2,1-2H3,(H,19,20)(H2,16,17,18);1H. The second-order valence-electron chi connectivity index (χ2n) is 5.69. The first kappa shape index (κ1) is 18.3. The number of nitrogens with one attached hydrogen (secondary N) is 3. The number of hydrogen-bond acceptors (Lipinski definition) is 2. The normalized spacial score (nSPS) is 17.3. The van der Waals surface area contributed by atoms with Crippen molar-refractivity contribution in [2.45, 2.75) is 52.5 Å². The molecular weight excluding hydrogens is 377 g/mol. The summed E-state index contributed by atoms with van der Waals surface area (Å²) in [4.78, 5) is 4.61. The predicted octanol–water partition coefficient (Wildman–Crippen LogP) is 3.05. The van der Waals surface area contributed by atoms with E-state index in [1.807, 2.05) is 6.07 Å². The lowest BCUT2D eigenvalue weighted by Crippen LogP contribution is -2.42. The highest BCUT2D eigenvalue weighted by Crippen LogP contribution is 2.40. The fraction of sp³-hybridized carbons (Fsp3) is 0.733. The lowest BCUT2D eigenvalue weighted by atomic mass is 9.83. The van der Waals surface area contributed by atoms with Gasteiger partial charge in [0, 0.05) is 19.3 Å². The number of hydrogen-bond donors (Lipinski definition) is 3. The highest BCUT2D eigenvalue weighted by Gasteiger charge is 2.31. The molecule has 1 aromatic heterocycles. The largest absolute Gasteiger partial charge is 0.357 e.